The van der Waals surface area contributed by atoms with Crippen molar-refractivity contribution in [1.29, 1.82) is 0 Å². The second kappa shape index (κ2) is 11.8. The highest BCUT2D eigenvalue weighted by Crippen LogP contribution is 2.47. The normalized spacial score (nSPS) is 35.9. The number of phenolic OH excluding ortho intramolecular Hbond substituents is 5. The molecule has 0 radical (unpaired) electrons. The van der Waals surface area contributed by atoms with Crippen LogP contribution < -0.4 is 4.74 Å². The van der Waals surface area contributed by atoms with E-state index in [4.69, 9.17) is 23.7 Å². The van der Waals surface area contributed by atoms with Gasteiger partial charge >= 0.3 is 0 Å². The van der Waals surface area contributed by atoms with E-state index in [0.29, 0.717) is 0 Å². The minimum atomic E-state index is -1.86. The summed E-state index contributed by atoms with van der Waals surface area (Å²) in [6.45, 7) is 0.886. The van der Waals surface area contributed by atoms with Gasteiger partial charge in [-0.1, -0.05) is 0 Å². The lowest BCUT2D eigenvalue weighted by Crippen LogP contribution is -2.61. The average Bonchev–Trinajstić information content (AvgIpc) is 2.96. The number of hydrogen-bond acceptors (Lipinski definition) is 16. The van der Waals surface area contributed by atoms with E-state index in [2.05, 4.69) is 0 Å². The predicted octanol–water partition coefficient (Wildman–Crippen LogP) is -1.64. The fraction of sp³-hybridized carbons (Fsp3) is 0.481. The van der Waals surface area contributed by atoms with Crippen LogP contribution in [0.1, 0.15) is 24.2 Å². The Morgan fingerprint density at radius 3 is 2.00 bits per heavy atom. The molecule has 43 heavy (non-hydrogen) atoms. The van der Waals surface area contributed by atoms with E-state index in [1.54, 1.807) is 0 Å². The number of phenols is 5. The second-order valence-electron chi connectivity index (χ2n) is 10.5. The monoisotopic (exact) mass is 612 g/mol. The highest BCUT2D eigenvalue weighted by atomic mass is 16.7. The van der Waals surface area contributed by atoms with Crippen LogP contribution in [0.5, 0.6) is 34.5 Å². The van der Waals surface area contributed by atoms with Crippen molar-refractivity contribution >= 4 is 6.08 Å². The van der Waals surface area contributed by atoms with Gasteiger partial charge in [-0.2, -0.15) is 0 Å². The van der Waals surface area contributed by atoms with E-state index < -0.39 is 97.1 Å². The average molecular weight is 613 g/mol. The Kier molecular flexibility index (Phi) is 8.50. The van der Waals surface area contributed by atoms with Crippen LogP contribution in [0.15, 0.2) is 30.0 Å². The molecular formula is C27H32O16. The molecule has 3 aliphatic rings. The number of hydrogen-bond donors (Lipinski definition) is 11. The minimum Gasteiger partial charge on any atom is -0.508 e. The number of fused-ring (bicyclic) bond motifs is 1. The van der Waals surface area contributed by atoms with Crippen LogP contribution in [-0.2, 0) is 18.9 Å². The Bertz CT molecular complexity index is 1340. The zero-order valence-corrected chi connectivity index (χ0v) is 22.4. The minimum absolute atomic E-state index is 0.0107. The van der Waals surface area contributed by atoms with Crippen LogP contribution in [0, 0.1) is 0 Å². The fourth-order valence-electron chi connectivity index (χ4n) is 4.97. The summed E-state index contributed by atoms with van der Waals surface area (Å²) in [6.07, 6.45) is -15.7. The van der Waals surface area contributed by atoms with E-state index in [9.17, 15) is 56.2 Å². The number of ether oxygens (including phenoxy) is 5. The molecule has 2 saturated heterocycles. The van der Waals surface area contributed by atoms with E-state index >= 15 is 0 Å². The second-order valence-corrected chi connectivity index (χ2v) is 10.5. The number of rotatable bonds is 6. The first-order chi connectivity index (χ1) is 20.3. The molecule has 11 N–H and O–H groups in total. The Labute approximate surface area is 243 Å². The molecule has 0 spiro atoms. The molecule has 11 unspecified atom stereocenters. The largest absolute Gasteiger partial charge is 0.508 e. The molecule has 236 valence electrons. The molecule has 2 aromatic carbocycles. The van der Waals surface area contributed by atoms with Crippen LogP contribution >= 0.6 is 0 Å². The summed E-state index contributed by atoms with van der Waals surface area (Å²) >= 11 is 0. The standard InChI is InChI=1S/C27H32O16/c1-8-18(32)21(35)23(37)26(40-8)39-7-17-20(34)22(36)24(38)27(43-17)42-16-6-11-12(29)4-10(28)5-15(11)41-25(16)9-2-13(30)19(33)14(31)3-9/h2-6,8,17-18,20-38H,7H2,1H3. The van der Waals surface area contributed by atoms with Crippen LogP contribution in [0.4, 0.5) is 0 Å². The van der Waals surface area contributed by atoms with Gasteiger partial charge in [0.2, 0.25) is 6.29 Å². The lowest BCUT2D eigenvalue weighted by molar-refractivity contribution is -0.324. The highest BCUT2D eigenvalue weighted by molar-refractivity contribution is 5.70. The van der Waals surface area contributed by atoms with Gasteiger partial charge in [0.15, 0.2) is 29.6 Å². The third kappa shape index (κ3) is 5.84. The first kappa shape index (κ1) is 30.9. The van der Waals surface area contributed by atoms with Gasteiger partial charge in [0.05, 0.1) is 18.3 Å². The van der Waals surface area contributed by atoms with Gasteiger partial charge in [-0.25, -0.2) is 0 Å². The Morgan fingerprint density at radius 2 is 1.33 bits per heavy atom. The van der Waals surface area contributed by atoms with Crippen molar-refractivity contribution in [3.8, 4) is 34.5 Å². The summed E-state index contributed by atoms with van der Waals surface area (Å²) in [5, 5.41) is 112. The summed E-state index contributed by atoms with van der Waals surface area (Å²) in [5.41, 5.74) is 0.0388. The first-order valence-electron chi connectivity index (χ1n) is 13.1. The molecular weight excluding hydrogens is 580 g/mol. The quantitative estimate of drug-likeness (QED) is 0.163. The molecule has 16 nitrogen and oxygen atoms in total. The van der Waals surface area contributed by atoms with Crippen molar-refractivity contribution < 1.29 is 79.9 Å². The maximum absolute atomic E-state index is 10.7. The molecule has 0 bridgehead atoms. The molecule has 16 heteroatoms. The van der Waals surface area contributed by atoms with Crippen molar-refractivity contribution in [3.05, 3.63) is 41.2 Å². The van der Waals surface area contributed by atoms with Crippen LogP contribution in [0.3, 0.4) is 0 Å². The van der Waals surface area contributed by atoms with Gasteiger partial charge in [-0.05, 0) is 25.1 Å². The Hall–Kier alpha value is -3.58. The lowest BCUT2D eigenvalue weighted by atomic mass is 9.98. The number of benzene rings is 2. The summed E-state index contributed by atoms with van der Waals surface area (Å²) < 4.78 is 28.2. The molecule has 0 aromatic heterocycles. The van der Waals surface area contributed by atoms with Gasteiger partial charge in [0.25, 0.3) is 0 Å². The van der Waals surface area contributed by atoms with Crippen molar-refractivity contribution in [1.82, 2.24) is 0 Å². The summed E-state index contributed by atoms with van der Waals surface area (Å²) in [6, 6.07) is 4.28. The molecule has 0 amide bonds. The van der Waals surface area contributed by atoms with Crippen LogP contribution in [0.2, 0.25) is 0 Å². The summed E-state index contributed by atoms with van der Waals surface area (Å²) in [5.74, 6) is -3.26. The number of aliphatic hydroxyl groups is 6. The molecule has 11 atom stereocenters. The summed E-state index contributed by atoms with van der Waals surface area (Å²) in [4.78, 5) is 0. The smallest absolute Gasteiger partial charge is 0.228 e. The topological polar surface area (TPSA) is 269 Å². The molecule has 3 heterocycles. The predicted molar refractivity (Wildman–Crippen MR) is 139 cm³/mol. The maximum Gasteiger partial charge on any atom is 0.228 e. The SMILES string of the molecule is CC1OC(OCC2OC(OC3=Cc4c(O)cc(O)cc4OC3c3cc(O)c(O)c(O)c3)C(O)C(O)C2O)C(O)C(O)C1O. The van der Waals surface area contributed by atoms with Crippen molar-refractivity contribution in [3.63, 3.8) is 0 Å². The molecule has 0 saturated carbocycles. The third-order valence-corrected chi connectivity index (χ3v) is 7.44. The molecule has 5 rings (SSSR count). The van der Waals surface area contributed by atoms with Crippen molar-refractivity contribution in [2.24, 2.45) is 0 Å². The van der Waals surface area contributed by atoms with Gasteiger partial charge in [-0.15, -0.1) is 0 Å². The Morgan fingerprint density at radius 1 is 0.698 bits per heavy atom. The maximum atomic E-state index is 10.7. The van der Waals surface area contributed by atoms with Gasteiger partial charge in [0, 0.05) is 17.7 Å². The van der Waals surface area contributed by atoms with Crippen LogP contribution in [-0.4, -0.2) is 124 Å². The van der Waals surface area contributed by atoms with Gasteiger partial charge in [-0.3, -0.25) is 0 Å². The van der Waals surface area contributed by atoms with Crippen molar-refractivity contribution in [2.45, 2.75) is 74.4 Å². The highest BCUT2D eigenvalue weighted by Gasteiger charge is 2.48. The van der Waals surface area contributed by atoms with E-state index in [1.807, 2.05) is 0 Å². The first-order valence-corrected chi connectivity index (χ1v) is 13.1. The molecule has 3 aliphatic heterocycles. The zero-order valence-electron chi connectivity index (χ0n) is 22.4. The molecule has 2 fully saturated rings. The number of aromatic hydroxyl groups is 5. The molecule has 2 aromatic rings. The van der Waals surface area contributed by atoms with Gasteiger partial charge in [0.1, 0.15) is 65.7 Å². The molecule has 0 aliphatic carbocycles. The van der Waals surface area contributed by atoms with Crippen molar-refractivity contribution in [2.75, 3.05) is 6.61 Å². The fourth-order valence-corrected chi connectivity index (χ4v) is 4.97. The van der Waals surface area contributed by atoms with E-state index in [1.165, 1.54) is 19.1 Å². The Balaban J connectivity index is 1.41. The number of aliphatic hydroxyl groups excluding tert-OH is 6. The van der Waals surface area contributed by atoms with E-state index in [-0.39, 0.29) is 28.4 Å². The third-order valence-electron chi connectivity index (χ3n) is 7.44. The zero-order chi connectivity index (χ0) is 31.3. The van der Waals surface area contributed by atoms with Crippen LogP contribution in [0.25, 0.3) is 6.08 Å². The lowest BCUT2D eigenvalue weighted by Gasteiger charge is -2.43. The van der Waals surface area contributed by atoms with Gasteiger partial charge < -0.3 is 79.9 Å². The summed E-state index contributed by atoms with van der Waals surface area (Å²) in [7, 11) is 0. The van der Waals surface area contributed by atoms with E-state index in [0.717, 1.165) is 18.2 Å².